The molecular weight excluding hydrogens is 451 g/mol. The minimum absolute atomic E-state index is 0.00106. The van der Waals surface area contributed by atoms with Gasteiger partial charge in [0.25, 0.3) is 5.91 Å². The number of amides is 1. The zero-order valence-electron chi connectivity index (χ0n) is 16.0. The molecule has 6 nitrogen and oxygen atoms in total. The lowest BCUT2D eigenvalue weighted by atomic mass is 10.2. The molecule has 0 fully saturated rings. The number of alkyl halides is 3. The van der Waals surface area contributed by atoms with Crippen LogP contribution in [0.4, 0.5) is 18.9 Å². The van der Waals surface area contributed by atoms with E-state index >= 15 is 0 Å². The van der Waals surface area contributed by atoms with Crippen molar-refractivity contribution in [1.82, 2.24) is 10.3 Å². The second-order valence-electron chi connectivity index (χ2n) is 6.56. The minimum Gasteiger partial charge on any atom is -0.348 e. The van der Waals surface area contributed by atoms with E-state index in [0.717, 1.165) is 17.1 Å². The van der Waals surface area contributed by atoms with Crippen molar-refractivity contribution in [2.24, 2.45) is 0 Å². The van der Waals surface area contributed by atoms with Crippen molar-refractivity contribution >= 4 is 33.0 Å². The predicted molar refractivity (Wildman–Crippen MR) is 112 cm³/mol. The average Bonchev–Trinajstić information content (AvgIpc) is 3.24. The van der Waals surface area contributed by atoms with E-state index in [4.69, 9.17) is 0 Å². The monoisotopic (exact) mass is 469 g/mol. The molecule has 1 aromatic carbocycles. The molecule has 0 atom stereocenters. The largest absolute Gasteiger partial charge is 0.433 e. The summed E-state index contributed by atoms with van der Waals surface area (Å²) in [4.78, 5) is 16.5. The van der Waals surface area contributed by atoms with Gasteiger partial charge in [-0.15, -0.1) is 11.3 Å². The molecule has 0 aliphatic heterocycles. The summed E-state index contributed by atoms with van der Waals surface area (Å²) in [5.41, 5.74) is 0.0172. The van der Waals surface area contributed by atoms with Crippen LogP contribution in [-0.4, -0.2) is 25.1 Å². The van der Waals surface area contributed by atoms with Crippen molar-refractivity contribution in [3.05, 3.63) is 81.8 Å². The highest BCUT2D eigenvalue weighted by Crippen LogP contribution is 2.27. The van der Waals surface area contributed by atoms with Gasteiger partial charge in [0.15, 0.2) is 0 Å². The molecule has 2 heterocycles. The van der Waals surface area contributed by atoms with Crippen LogP contribution in [0.25, 0.3) is 0 Å². The summed E-state index contributed by atoms with van der Waals surface area (Å²) >= 11 is 1.49. The van der Waals surface area contributed by atoms with E-state index in [0.29, 0.717) is 17.7 Å². The molecule has 0 saturated heterocycles. The number of nitrogens with one attached hydrogen (secondary N) is 2. The lowest BCUT2D eigenvalue weighted by Crippen LogP contribution is -2.23. The molecule has 1 amide bonds. The van der Waals surface area contributed by atoms with Crippen LogP contribution in [0, 0.1) is 0 Å². The van der Waals surface area contributed by atoms with E-state index < -0.39 is 27.8 Å². The number of carbonyl (C=O) groups excluding carboxylic acids is 1. The maximum atomic E-state index is 12.5. The first-order valence-corrected chi connectivity index (χ1v) is 11.6. The zero-order chi connectivity index (χ0) is 22.5. The standard InChI is InChI=1S/C20H18F3N3O3S2/c21-20(22,23)18-8-3-14(12-24-18)13-25-19(27)15-4-6-16(7-5-15)26-31(28,29)11-9-17-2-1-10-30-17/h1-8,10,12,26H,9,11,13H2,(H,25,27). The van der Waals surface area contributed by atoms with Crippen molar-refractivity contribution < 1.29 is 26.4 Å². The van der Waals surface area contributed by atoms with Gasteiger partial charge in [-0.1, -0.05) is 12.1 Å². The summed E-state index contributed by atoms with van der Waals surface area (Å²) in [6.07, 6.45) is -3.06. The number of hydrogen-bond acceptors (Lipinski definition) is 5. The fraction of sp³-hybridized carbons (Fsp3) is 0.200. The van der Waals surface area contributed by atoms with Crippen LogP contribution >= 0.6 is 11.3 Å². The molecule has 0 saturated carbocycles. The quantitative estimate of drug-likeness (QED) is 0.521. The van der Waals surface area contributed by atoms with E-state index in [1.165, 1.54) is 41.7 Å². The summed E-state index contributed by atoms with van der Waals surface area (Å²) in [6.45, 7) is 0.00106. The topological polar surface area (TPSA) is 88.2 Å². The van der Waals surface area contributed by atoms with Crippen molar-refractivity contribution in [2.45, 2.75) is 19.1 Å². The molecule has 164 valence electrons. The highest BCUT2D eigenvalue weighted by molar-refractivity contribution is 7.92. The highest BCUT2D eigenvalue weighted by Gasteiger charge is 2.31. The summed E-state index contributed by atoms with van der Waals surface area (Å²) in [5.74, 6) is -0.510. The number of anilines is 1. The SMILES string of the molecule is O=C(NCc1ccc(C(F)(F)F)nc1)c1ccc(NS(=O)(=O)CCc2cccs2)cc1. The summed E-state index contributed by atoms with van der Waals surface area (Å²) in [5, 5.41) is 4.46. The lowest BCUT2D eigenvalue weighted by Gasteiger charge is -2.10. The van der Waals surface area contributed by atoms with E-state index in [-0.39, 0.29) is 17.9 Å². The van der Waals surface area contributed by atoms with Crippen LogP contribution in [0.15, 0.2) is 60.1 Å². The van der Waals surface area contributed by atoms with Crippen LogP contribution in [-0.2, 0) is 29.2 Å². The van der Waals surface area contributed by atoms with Crippen LogP contribution in [0.1, 0.15) is 26.5 Å². The van der Waals surface area contributed by atoms with Gasteiger partial charge in [0.05, 0.1) is 5.75 Å². The van der Waals surface area contributed by atoms with Crippen LogP contribution < -0.4 is 10.0 Å². The Morgan fingerprint density at radius 1 is 1.06 bits per heavy atom. The van der Waals surface area contributed by atoms with Gasteiger partial charge in [0, 0.05) is 28.9 Å². The van der Waals surface area contributed by atoms with E-state index in [2.05, 4.69) is 15.0 Å². The van der Waals surface area contributed by atoms with Gasteiger partial charge >= 0.3 is 6.18 Å². The molecule has 0 unspecified atom stereocenters. The number of nitrogens with zero attached hydrogens (tertiary/aromatic N) is 1. The summed E-state index contributed by atoms with van der Waals surface area (Å²) < 4.78 is 64.4. The third kappa shape index (κ3) is 6.79. The second-order valence-corrected chi connectivity index (χ2v) is 9.43. The number of sulfonamides is 1. The first-order chi connectivity index (χ1) is 14.6. The van der Waals surface area contributed by atoms with Gasteiger partial charge < -0.3 is 5.32 Å². The Labute approximate surface area is 181 Å². The number of pyridine rings is 1. The molecule has 2 N–H and O–H groups in total. The van der Waals surface area contributed by atoms with E-state index in [9.17, 15) is 26.4 Å². The van der Waals surface area contributed by atoms with Crippen molar-refractivity contribution in [1.29, 1.82) is 0 Å². The number of benzene rings is 1. The number of halogens is 3. The molecule has 0 aliphatic rings. The number of rotatable bonds is 8. The van der Waals surface area contributed by atoms with Crippen LogP contribution in [0.3, 0.4) is 0 Å². The van der Waals surface area contributed by atoms with Gasteiger partial charge in [-0.2, -0.15) is 13.2 Å². The van der Waals surface area contributed by atoms with Crippen molar-refractivity contribution in [3.63, 3.8) is 0 Å². The Kier molecular flexibility index (Phi) is 6.96. The molecule has 31 heavy (non-hydrogen) atoms. The number of carbonyl (C=O) groups is 1. The summed E-state index contributed by atoms with van der Waals surface area (Å²) in [6, 6.07) is 11.7. The van der Waals surface area contributed by atoms with Gasteiger partial charge in [-0.3, -0.25) is 14.5 Å². The maximum absolute atomic E-state index is 12.5. The summed E-state index contributed by atoms with van der Waals surface area (Å²) in [7, 11) is -3.54. The minimum atomic E-state index is -4.52. The normalized spacial score (nSPS) is 11.8. The first kappa shape index (κ1) is 22.8. The third-order valence-electron chi connectivity index (χ3n) is 4.19. The average molecular weight is 470 g/mol. The van der Waals surface area contributed by atoms with Gasteiger partial charge in [-0.25, -0.2) is 8.42 Å². The highest BCUT2D eigenvalue weighted by atomic mass is 32.2. The number of aromatic nitrogens is 1. The smallest absolute Gasteiger partial charge is 0.348 e. The van der Waals surface area contributed by atoms with E-state index in [1.807, 2.05) is 17.5 Å². The molecule has 2 aromatic heterocycles. The van der Waals surface area contributed by atoms with Gasteiger partial charge in [-0.05, 0) is 53.8 Å². The Hall–Kier alpha value is -2.92. The van der Waals surface area contributed by atoms with Crippen LogP contribution in [0.2, 0.25) is 0 Å². The van der Waals surface area contributed by atoms with E-state index in [1.54, 1.807) is 0 Å². The molecule has 3 aromatic rings. The zero-order valence-corrected chi connectivity index (χ0v) is 17.7. The first-order valence-electron chi connectivity index (χ1n) is 9.06. The Morgan fingerprint density at radius 2 is 1.81 bits per heavy atom. The lowest BCUT2D eigenvalue weighted by molar-refractivity contribution is -0.141. The number of thiophene rings is 1. The van der Waals surface area contributed by atoms with Crippen LogP contribution in [0.5, 0.6) is 0 Å². The maximum Gasteiger partial charge on any atom is 0.433 e. The fourth-order valence-electron chi connectivity index (χ4n) is 2.59. The Bertz CT molecular complexity index is 1110. The molecular formula is C20H18F3N3O3S2. The van der Waals surface area contributed by atoms with Gasteiger partial charge in [0.1, 0.15) is 5.69 Å². The fourth-order valence-corrected chi connectivity index (χ4v) is 4.52. The third-order valence-corrected chi connectivity index (χ3v) is 6.41. The number of aryl methyl sites for hydroxylation is 1. The van der Waals surface area contributed by atoms with Gasteiger partial charge in [0.2, 0.25) is 10.0 Å². The predicted octanol–water partition coefficient (Wildman–Crippen LogP) is 4.08. The molecule has 0 bridgehead atoms. The van der Waals surface area contributed by atoms with Crippen molar-refractivity contribution in [2.75, 3.05) is 10.5 Å². The second kappa shape index (κ2) is 9.48. The molecule has 11 heteroatoms. The Balaban J connectivity index is 1.52. The molecule has 0 aliphatic carbocycles. The molecule has 0 spiro atoms. The van der Waals surface area contributed by atoms with Crippen molar-refractivity contribution in [3.8, 4) is 0 Å². The molecule has 3 rings (SSSR count). The Morgan fingerprint density at radius 3 is 2.39 bits per heavy atom. The number of hydrogen-bond donors (Lipinski definition) is 2. The molecule has 0 radical (unpaired) electrons.